The van der Waals surface area contributed by atoms with Gasteiger partial charge in [0.25, 0.3) is 0 Å². The van der Waals surface area contributed by atoms with Gasteiger partial charge in [-0.1, -0.05) is 28.9 Å². The number of rotatable bonds is 4. The largest absolute Gasteiger partial charge is 0.450 e. The minimum atomic E-state index is -0.827. The lowest BCUT2D eigenvalue weighted by Crippen LogP contribution is -2.40. The maximum absolute atomic E-state index is 15.2. The summed E-state index contributed by atoms with van der Waals surface area (Å²) in [6, 6.07) is 9.77. The van der Waals surface area contributed by atoms with E-state index >= 15 is 4.39 Å². The van der Waals surface area contributed by atoms with Crippen LogP contribution in [0.2, 0.25) is 5.02 Å². The Balaban J connectivity index is 1.50. The zero-order valence-corrected chi connectivity index (χ0v) is 19.6. The second-order valence-electron chi connectivity index (χ2n) is 9.07. The molecule has 0 radical (unpaired) electrons. The molecule has 7 nitrogen and oxygen atoms in total. The second-order valence-corrected chi connectivity index (χ2v) is 9.51. The highest BCUT2D eigenvalue weighted by Gasteiger charge is 2.48. The fraction of sp³-hybridized carbons (Fsp3) is 0.269. The van der Waals surface area contributed by atoms with E-state index in [4.69, 9.17) is 20.9 Å². The fourth-order valence-corrected chi connectivity index (χ4v) is 5.41. The van der Waals surface area contributed by atoms with Crippen LogP contribution >= 0.6 is 11.6 Å². The van der Waals surface area contributed by atoms with Crippen LogP contribution in [0.4, 0.5) is 4.39 Å². The van der Waals surface area contributed by atoms with E-state index in [2.05, 4.69) is 10.5 Å². The third-order valence-electron chi connectivity index (χ3n) is 6.87. The Bertz CT molecular complexity index is 1520. The normalized spacial score (nSPS) is 16.6. The number of carbonyl (C=O) groups is 2. The molecule has 178 valence electrons. The molecular weight excluding hydrogens is 473 g/mol. The van der Waals surface area contributed by atoms with Gasteiger partial charge >= 0.3 is 5.97 Å². The number of carbonyl (C=O) groups excluding carboxylic acids is 2. The average molecular weight is 494 g/mol. The lowest BCUT2D eigenvalue weighted by molar-refractivity contribution is -0.0242. The Morgan fingerprint density at radius 1 is 1.23 bits per heavy atom. The molecule has 35 heavy (non-hydrogen) atoms. The molecule has 2 aromatic heterocycles. The molecule has 6 rings (SSSR count). The van der Waals surface area contributed by atoms with Crippen molar-refractivity contribution in [3.05, 3.63) is 87.1 Å². The molecule has 0 atom stereocenters. The van der Waals surface area contributed by atoms with Gasteiger partial charge in [0, 0.05) is 46.6 Å². The molecule has 1 fully saturated rings. The maximum atomic E-state index is 15.2. The summed E-state index contributed by atoms with van der Waals surface area (Å²) in [6.45, 7) is 3.46. The van der Waals surface area contributed by atoms with Crippen LogP contribution in [0.1, 0.15) is 56.1 Å². The number of benzene rings is 2. The van der Waals surface area contributed by atoms with E-state index in [-0.39, 0.29) is 16.7 Å². The highest BCUT2D eigenvalue weighted by molar-refractivity contribution is 6.31. The highest BCUT2D eigenvalue weighted by Crippen LogP contribution is 2.45. The molecule has 1 N–H and O–H groups in total. The van der Waals surface area contributed by atoms with E-state index in [1.165, 1.54) is 6.07 Å². The van der Waals surface area contributed by atoms with Crippen LogP contribution in [-0.2, 0) is 16.9 Å². The molecule has 0 aliphatic carbocycles. The van der Waals surface area contributed by atoms with Crippen molar-refractivity contribution < 1.29 is 23.2 Å². The number of aromatic nitrogens is 2. The molecule has 2 aliphatic rings. The van der Waals surface area contributed by atoms with Gasteiger partial charge < -0.3 is 19.1 Å². The first kappa shape index (κ1) is 22.0. The van der Waals surface area contributed by atoms with Crippen LogP contribution in [-0.4, -0.2) is 34.6 Å². The summed E-state index contributed by atoms with van der Waals surface area (Å²) >= 11 is 6.25. The first-order chi connectivity index (χ1) is 16.9. The van der Waals surface area contributed by atoms with Crippen LogP contribution in [0.3, 0.4) is 0 Å². The van der Waals surface area contributed by atoms with Crippen molar-refractivity contribution in [2.45, 2.75) is 31.9 Å². The molecule has 4 aromatic rings. The molecular formula is C26H21ClFN3O4. The predicted molar refractivity (Wildman–Crippen MR) is 126 cm³/mol. The van der Waals surface area contributed by atoms with Gasteiger partial charge in [-0.25, -0.2) is 9.18 Å². The number of fused-ring (bicyclic) bond motifs is 3. The summed E-state index contributed by atoms with van der Waals surface area (Å²) in [6.07, 6.45) is 2.78. The number of hydrogen-bond donors (Lipinski definition) is 1. The minimum Gasteiger partial charge on any atom is -0.450 e. The van der Waals surface area contributed by atoms with Crippen molar-refractivity contribution in [3.8, 4) is 0 Å². The van der Waals surface area contributed by atoms with E-state index < -0.39 is 23.2 Å². The molecule has 0 bridgehead atoms. The number of ketones is 1. The zero-order chi connectivity index (χ0) is 24.3. The highest BCUT2D eigenvalue weighted by atomic mass is 35.5. The van der Waals surface area contributed by atoms with Crippen LogP contribution < -0.4 is 5.32 Å². The Morgan fingerprint density at radius 2 is 2.03 bits per heavy atom. The van der Waals surface area contributed by atoms with E-state index in [9.17, 15) is 9.59 Å². The van der Waals surface area contributed by atoms with E-state index in [1.807, 2.05) is 11.5 Å². The Morgan fingerprint density at radius 3 is 2.77 bits per heavy atom. The minimum absolute atomic E-state index is 0.0256. The van der Waals surface area contributed by atoms with Gasteiger partial charge in [0.1, 0.15) is 11.4 Å². The molecule has 4 heterocycles. The van der Waals surface area contributed by atoms with Crippen molar-refractivity contribution in [1.82, 2.24) is 15.0 Å². The molecule has 1 spiro atoms. The van der Waals surface area contributed by atoms with Gasteiger partial charge in [0.05, 0.1) is 28.9 Å². The molecule has 2 aliphatic heterocycles. The monoisotopic (exact) mass is 493 g/mol. The summed E-state index contributed by atoms with van der Waals surface area (Å²) in [7, 11) is 0. The van der Waals surface area contributed by atoms with Crippen LogP contribution in [0.25, 0.3) is 10.9 Å². The quantitative estimate of drug-likeness (QED) is 0.326. The standard InChI is InChI=1S/C26H21ClFN3O4/c1-14-10-16(35-30-14)12-31-13-18(17-3-2-15(27)11-21(17)31)24(32)23-20(28)5-4-19-22(23)25(33)34-26(19)6-8-29-9-7-26/h2-5,10-11,13,29H,6-9,12H2,1H3. The number of piperidine rings is 1. The first-order valence-electron chi connectivity index (χ1n) is 11.4. The maximum Gasteiger partial charge on any atom is 0.340 e. The average Bonchev–Trinajstić information content (AvgIpc) is 3.49. The van der Waals surface area contributed by atoms with Crippen LogP contribution in [0.5, 0.6) is 0 Å². The summed E-state index contributed by atoms with van der Waals surface area (Å²) in [4.78, 5) is 26.9. The lowest BCUT2D eigenvalue weighted by Gasteiger charge is -2.33. The van der Waals surface area contributed by atoms with Crippen molar-refractivity contribution in [2.24, 2.45) is 0 Å². The Kier molecular flexibility index (Phi) is 5.05. The van der Waals surface area contributed by atoms with Gasteiger partial charge in [-0.05, 0) is 38.2 Å². The van der Waals surface area contributed by atoms with E-state index in [1.54, 1.807) is 36.5 Å². The smallest absolute Gasteiger partial charge is 0.340 e. The molecule has 1 saturated heterocycles. The van der Waals surface area contributed by atoms with Gasteiger partial charge in [-0.2, -0.15) is 0 Å². The second kappa shape index (κ2) is 8.03. The third kappa shape index (κ3) is 3.47. The molecule has 0 amide bonds. The van der Waals surface area contributed by atoms with Gasteiger partial charge in [0.15, 0.2) is 11.5 Å². The topological polar surface area (TPSA) is 86.4 Å². The number of esters is 1. The van der Waals surface area contributed by atoms with Crippen molar-refractivity contribution in [2.75, 3.05) is 13.1 Å². The molecule has 2 aromatic carbocycles. The van der Waals surface area contributed by atoms with Crippen molar-refractivity contribution >= 4 is 34.3 Å². The number of aryl methyl sites for hydroxylation is 1. The summed E-state index contributed by atoms with van der Waals surface area (Å²) < 4.78 is 28.2. The summed E-state index contributed by atoms with van der Waals surface area (Å²) in [5.74, 6) is -1.39. The van der Waals surface area contributed by atoms with Gasteiger partial charge in [-0.3, -0.25) is 4.79 Å². The zero-order valence-electron chi connectivity index (χ0n) is 18.9. The molecule has 0 saturated carbocycles. The number of halogens is 2. The Labute approximate surface area is 204 Å². The van der Waals surface area contributed by atoms with Crippen LogP contribution in [0, 0.1) is 12.7 Å². The fourth-order valence-electron chi connectivity index (χ4n) is 5.25. The summed E-state index contributed by atoms with van der Waals surface area (Å²) in [5.41, 5.74) is 1.20. The Hall–Kier alpha value is -3.49. The predicted octanol–water partition coefficient (Wildman–Crippen LogP) is 4.76. The lowest BCUT2D eigenvalue weighted by atomic mass is 9.82. The SMILES string of the molecule is Cc1cc(Cn2cc(C(=O)c3c(F)ccc4c3C(=O)OC43CCNCC3)c3ccc(Cl)cc32)on1. The van der Waals surface area contributed by atoms with E-state index in [0.29, 0.717) is 59.7 Å². The molecule has 9 heteroatoms. The summed E-state index contributed by atoms with van der Waals surface area (Å²) in [5, 5.41) is 8.25. The number of hydrogen-bond acceptors (Lipinski definition) is 6. The van der Waals surface area contributed by atoms with Crippen molar-refractivity contribution in [1.29, 1.82) is 0 Å². The van der Waals surface area contributed by atoms with Crippen LogP contribution in [0.15, 0.2) is 47.1 Å². The van der Waals surface area contributed by atoms with Gasteiger partial charge in [-0.15, -0.1) is 0 Å². The number of ether oxygens (including phenoxy) is 1. The van der Waals surface area contributed by atoms with E-state index in [0.717, 1.165) is 5.69 Å². The molecule has 0 unspecified atom stereocenters. The van der Waals surface area contributed by atoms with Gasteiger partial charge in [0.2, 0.25) is 0 Å². The number of nitrogens with one attached hydrogen (secondary N) is 1. The first-order valence-corrected chi connectivity index (χ1v) is 11.8. The third-order valence-corrected chi connectivity index (χ3v) is 7.10. The van der Waals surface area contributed by atoms with Crippen molar-refractivity contribution in [3.63, 3.8) is 0 Å². The number of nitrogens with zero attached hydrogens (tertiary/aromatic N) is 2.